The Morgan fingerprint density at radius 3 is 1.36 bits per heavy atom. The van der Waals surface area contributed by atoms with Crippen LogP contribution < -0.4 is 19.5 Å². The summed E-state index contributed by atoms with van der Waals surface area (Å²) in [7, 11) is 9.65. The van der Waals surface area contributed by atoms with E-state index < -0.39 is 7.91 Å². The van der Waals surface area contributed by atoms with Gasteiger partial charge in [0.05, 0.1) is 56.4 Å². The second kappa shape index (κ2) is 13.6. The Bertz CT molecular complexity index is 1380. The number of fused-ring (bicyclic) bond motifs is 2. The standard InChI is InChI=1S/2C11H16N5O.FH2O3P/c2*1-14(2)11(15(3)4)17-16-10-8-6-5-7-9(10)12-13-16;1-5(2,3)4/h2*5-8H,1-4H3;(H2,2,3,4)/q2*+1;/p-2. The van der Waals surface area contributed by atoms with Crippen molar-refractivity contribution in [3.8, 4) is 0 Å². The number of aromatic nitrogens is 6. The van der Waals surface area contributed by atoms with Crippen LogP contribution >= 0.6 is 7.91 Å². The Morgan fingerprint density at radius 1 is 0.769 bits per heavy atom. The van der Waals surface area contributed by atoms with Crippen LogP contribution in [0.2, 0.25) is 0 Å². The molecule has 2 aromatic heterocycles. The van der Waals surface area contributed by atoms with Crippen molar-refractivity contribution in [1.82, 2.24) is 40.1 Å². The first-order chi connectivity index (χ1) is 18.2. The lowest BCUT2D eigenvalue weighted by atomic mass is 10.3. The van der Waals surface area contributed by atoms with Crippen LogP contribution in [0.4, 0.5) is 4.20 Å². The van der Waals surface area contributed by atoms with Gasteiger partial charge in [-0.25, -0.2) is 23.1 Å². The summed E-state index contributed by atoms with van der Waals surface area (Å²) in [5.41, 5.74) is 3.30. The van der Waals surface area contributed by atoms with Crippen LogP contribution in [0.25, 0.3) is 22.1 Å². The number of hydrogen-bond acceptors (Lipinski definition) is 9. The van der Waals surface area contributed by atoms with Crippen molar-refractivity contribution < 1.29 is 37.4 Å². The topological polar surface area (TPSA) is 156 Å². The van der Waals surface area contributed by atoms with Crippen LogP contribution in [0, 0.1) is 0 Å². The van der Waals surface area contributed by atoms with Gasteiger partial charge in [0.2, 0.25) is 0 Å². The molecule has 0 radical (unpaired) electrons. The first-order valence-electron chi connectivity index (χ1n) is 11.3. The van der Waals surface area contributed by atoms with Crippen LogP contribution in [0.1, 0.15) is 0 Å². The molecule has 0 amide bonds. The highest BCUT2D eigenvalue weighted by molar-refractivity contribution is 7.42. The molecule has 2 heterocycles. The highest BCUT2D eigenvalue weighted by Crippen LogP contribution is 2.22. The van der Waals surface area contributed by atoms with Crippen LogP contribution in [0.5, 0.6) is 0 Å². The number of hydrogen-bond donors (Lipinski definition) is 0. The molecule has 212 valence electrons. The molecule has 0 saturated heterocycles. The molecule has 39 heavy (non-hydrogen) atoms. The van der Waals surface area contributed by atoms with Gasteiger partial charge in [-0.1, -0.05) is 34.0 Å². The molecule has 15 nitrogen and oxygen atoms in total. The maximum absolute atomic E-state index is 10.1. The van der Waals surface area contributed by atoms with Gasteiger partial charge in [0.15, 0.2) is 0 Å². The fourth-order valence-electron chi connectivity index (χ4n) is 3.11. The minimum atomic E-state index is -5.64. The number of nitrogens with zero attached hydrogens (tertiary/aromatic N) is 10. The second-order valence-electron chi connectivity index (χ2n) is 8.66. The fourth-order valence-corrected chi connectivity index (χ4v) is 3.11. The average molecular weight is 567 g/mol. The number of benzene rings is 2. The molecule has 4 rings (SSSR count). The van der Waals surface area contributed by atoms with Gasteiger partial charge >= 0.3 is 12.0 Å². The molecule has 0 aliphatic carbocycles. The van der Waals surface area contributed by atoms with Crippen molar-refractivity contribution in [2.24, 2.45) is 0 Å². The van der Waals surface area contributed by atoms with Crippen molar-refractivity contribution in [1.29, 1.82) is 0 Å². The highest BCUT2D eigenvalue weighted by atomic mass is 31.2. The largest absolute Gasteiger partial charge is 0.786 e. The fraction of sp³-hybridized carbons (Fsp3) is 0.364. The predicted octanol–water partition coefficient (Wildman–Crippen LogP) is -1.12. The molecule has 0 unspecified atom stereocenters. The molecule has 0 N–H and O–H groups in total. The van der Waals surface area contributed by atoms with E-state index in [1.807, 2.05) is 124 Å². The summed E-state index contributed by atoms with van der Waals surface area (Å²) in [5, 5.41) is 16.0. The van der Waals surface area contributed by atoms with E-state index in [9.17, 15) is 4.20 Å². The zero-order valence-electron chi connectivity index (χ0n) is 23.0. The van der Waals surface area contributed by atoms with E-state index in [1.54, 1.807) is 0 Å². The monoisotopic (exact) mass is 566 g/mol. The Kier molecular flexibility index (Phi) is 10.8. The van der Waals surface area contributed by atoms with E-state index in [1.165, 1.54) is 9.69 Å². The SMILES string of the molecule is CN(C)C(On1nnc2ccccc21)=[N+](C)C.CN(C)C(On1nnc2ccccc21)=[N+](C)C.O=P([O-])([O-])F. The van der Waals surface area contributed by atoms with Crippen LogP contribution in [-0.2, 0) is 4.57 Å². The number of halogens is 1. The van der Waals surface area contributed by atoms with E-state index in [0.717, 1.165) is 22.1 Å². The lowest BCUT2D eigenvalue weighted by molar-refractivity contribution is -0.480. The van der Waals surface area contributed by atoms with Crippen molar-refractivity contribution in [2.45, 2.75) is 0 Å². The molecule has 0 fully saturated rings. The van der Waals surface area contributed by atoms with E-state index in [4.69, 9.17) is 24.0 Å². The Labute approximate surface area is 224 Å². The molecular formula is C22H32FN10O5P. The summed E-state index contributed by atoms with van der Waals surface area (Å²) >= 11 is 0. The molecule has 0 aliphatic rings. The summed E-state index contributed by atoms with van der Waals surface area (Å²) in [6.07, 6.45) is 0. The minimum Gasteiger partial charge on any atom is -0.786 e. The van der Waals surface area contributed by atoms with Crippen molar-refractivity contribution in [2.75, 3.05) is 56.4 Å². The molecular weight excluding hydrogens is 534 g/mol. The summed E-state index contributed by atoms with van der Waals surface area (Å²) in [6.45, 7) is 0. The first-order valence-corrected chi connectivity index (χ1v) is 12.7. The van der Waals surface area contributed by atoms with E-state index in [0.29, 0.717) is 12.0 Å². The number of para-hydroxylation sites is 2. The van der Waals surface area contributed by atoms with Crippen LogP contribution in [0.15, 0.2) is 48.5 Å². The molecule has 2 aromatic carbocycles. The summed E-state index contributed by atoms with van der Waals surface area (Å²) < 4.78 is 22.3. The molecule has 0 bridgehead atoms. The summed E-state index contributed by atoms with van der Waals surface area (Å²) in [6, 6.07) is 16.7. The number of amidine groups is 2. The minimum absolute atomic E-state index is 0.681. The van der Waals surface area contributed by atoms with E-state index >= 15 is 0 Å². The number of rotatable bonds is 2. The first kappa shape index (κ1) is 31.1. The van der Waals surface area contributed by atoms with Crippen LogP contribution in [-0.4, -0.2) is 118 Å². The van der Waals surface area contributed by atoms with Gasteiger partial charge in [0.1, 0.15) is 30.0 Å². The Balaban J connectivity index is 0.000000234. The highest BCUT2D eigenvalue weighted by Gasteiger charge is 2.18. The van der Waals surface area contributed by atoms with Gasteiger partial charge in [-0.2, -0.15) is 0 Å². The Morgan fingerprint density at radius 2 is 1.08 bits per heavy atom. The third-order valence-corrected chi connectivity index (χ3v) is 4.51. The summed E-state index contributed by atoms with van der Waals surface area (Å²) in [5.74, 6) is 0. The van der Waals surface area contributed by atoms with Crippen molar-refractivity contribution in [3.05, 3.63) is 48.5 Å². The van der Waals surface area contributed by atoms with Gasteiger partial charge in [-0.15, -0.1) is 10.2 Å². The Hall–Kier alpha value is -4.14. The third-order valence-electron chi connectivity index (χ3n) is 4.51. The molecule has 0 atom stereocenters. The predicted molar refractivity (Wildman–Crippen MR) is 139 cm³/mol. The maximum Gasteiger partial charge on any atom is 0.471 e. The van der Waals surface area contributed by atoms with Crippen molar-refractivity contribution >= 4 is 42.0 Å². The lowest BCUT2D eigenvalue weighted by Crippen LogP contribution is -2.39. The van der Waals surface area contributed by atoms with E-state index in [2.05, 4.69) is 20.6 Å². The van der Waals surface area contributed by atoms with Gasteiger partial charge in [0.25, 0.3) is 0 Å². The van der Waals surface area contributed by atoms with Gasteiger partial charge in [-0.3, -0.25) is 9.68 Å². The normalized spacial score (nSPS) is 10.5. The smallest absolute Gasteiger partial charge is 0.471 e. The van der Waals surface area contributed by atoms with Crippen molar-refractivity contribution in [3.63, 3.8) is 0 Å². The second-order valence-corrected chi connectivity index (χ2v) is 9.52. The molecule has 0 saturated carbocycles. The van der Waals surface area contributed by atoms with Crippen LogP contribution in [0.3, 0.4) is 0 Å². The molecule has 0 spiro atoms. The molecule has 17 heteroatoms. The van der Waals surface area contributed by atoms with Gasteiger partial charge in [0, 0.05) is 0 Å². The quantitative estimate of drug-likeness (QED) is 0.125. The van der Waals surface area contributed by atoms with Gasteiger partial charge < -0.3 is 14.4 Å². The average Bonchev–Trinajstić information content (AvgIpc) is 3.43. The molecule has 0 aliphatic heterocycles. The van der Waals surface area contributed by atoms with Gasteiger partial charge in [-0.05, 0) is 34.7 Å². The zero-order chi connectivity index (χ0) is 29.3. The zero-order valence-corrected chi connectivity index (χ0v) is 23.9. The molecule has 4 aromatic rings. The summed E-state index contributed by atoms with van der Waals surface area (Å²) in [4.78, 5) is 34.9. The van der Waals surface area contributed by atoms with E-state index in [-0.39, 0.29) is 0 Å². The third kappa shape index (κ3) is 9.59. The lowest BCUT2D eigenvalue weighted by Gasteiger charge is -2.15. The maximum atomic E-state index is 10.1.